The highest BCUT2D eigenvalue weighted by Crippen LogP contribution is 2.22. The summed E-state index contributed by atoms with van der Waals surface area (Å²) in [7, 11) is 3.16. The Hall–Kier alpha value is -2.76. The lowest BCUT2D eigenvalue weighted by Crippen LogP contribution is -2.23. The van der Waals surface area contributed by atoms with E-state index in [0.717, 1.165) is 5.56 Å². The maximum absolute atomic E-state index is 12.0. The van der Waals surface area contributed by atoms with Crippen LogP contribution in [0.25, 0.3) is 0 Å². The van der Waals surface area contributed by atoms with Crippen molar-refractivity contribution in [1.29, 1.82) is 0 Å². The molecule has 1 aromatic heterocycles. The summed E-state index contributed by atoms with van der Waals surface area (Å²) in [5, 5.41) is 2.81. The number of anilines is 1. The van der Waals surface area contributed by atoms with Crippen LogP contribution in [0.2, 0.25) is 0 Å². The zero-order valence-electron chi connectivity index (χ0n) is 11.9. The van der Waals surface area contributed by atoms with Gasteiger partial charge in [-0.1, -0.05) is 0 Å². The number of hydrogen-bond donors (Lipinski definition) is 2. The Morgan fingerprint density at radius 3 is 2.38 bits per heavy atom. The van der Waals surface area contributed by atoms with E-state index in [1.54, 1.807) is 32.4 Å². The summed E-state index contributed by atoms with van der Waals surface area (Å²) in [6.07, 6.45) is 1.44. The Morgan fingerprint density at radius 1 is 1.19 bits per heavy atom. The third-order valence-electron chi connectivity index (χ3n) is 2.91. The van der Waals surface area contributed by atoms with Crippen molar-refractivity contribution in [2.75, 3.05) is 20.0 Å². The van der Waals surface area contributed by atoms with Crippen LogP contribution < -0.4 is 20.5 Å². The standard InChI is InChI=1S/C15H17N3O3/c1-20-12-5-10(6-13(7-12)21-2)8-18-15(19)11-3-4-14(16)17-9-11/h3-7,9H,8H2,1-2H3,(H2,16,17)(H,18,19). The van der Waals surface area contributed by atoms with Gasteiger partial charge in [0, 0.05) is 18.8 Å². The highest BCUT2D eigenvalue weighted by Gasteiger charge is 2.07. The summed E-state index contributed by atoms with van der Waals surface area (Å²) >= 11 is 0. The van der Waals surface area contributed by atoms with Crippen molar-refractivity contribution >= 4 is 11.7 Å². The molecular formula is C15H17N3O3. The number of methoxy groups -OCH3 is 2. The molecule has 2 rings (SSSR count). The number of carbonyl (C=O) groups excluding carboxylic acids is 1. The Morgan fingerprint density at radius 2 is 1.86 bits per heavy atom. The lowest BCUT2D eigenvalue weighted by molar-refractivity contribution is 0.0950. The minimum Gasteiger partial charge on any atom is -0.497 e. The number of hydrogen-bond acceptors (Lipinski definition) is 5. The molecule has 0 aliphatic rings. The molecule has 3 N–H and O–H groups in total. The minimum absolute atomic E-state index is 0.218. The smallest absolute Gasteiger partial charge is 0.253 e. The Labute approximate surface area is 122 Å². The molecule has 2 aromatic rings. The number of amides is 1. The Bertz CT molecular complexity index is 604. The van der Waals surface area contributed by atoms with Crippen LogP contribution in [0.3, 0.4) is 0 Å². The minimum atomic E-state index is -0.218. The zero-order valence-corrected chi connectivity index (χ0v) is 11.9. The van der Waals surface area contributed by atoms with Gasteiger partial charge in [-0.2, -0.15) is 0 Å². The first-order chi connectivity index (χ1) is 10.1. The van der Waals surface area contributed by atoms with Crippen molar-refractivity contribution in [1.82, 2.24) is 10.3 Å². The van der Waals surface area contributed by atoms with Gasteiger partial charge in [-0.3, -0.25) is 4.79 Å². The van der Waals surface area contributed by atoms with Crippen molar-refractivity contribution in [2.24, 2.45) is 0 Å². The summed E-state index contributed by atoms with van der Waals surface area (Å²) in [6.45, 7) is 0.358. The van der Waals surface area contributed by atoms with Crippen molar-refractivity contribution in [3.63, 3.8) is 0 Å². The number of aromatic nitrogens is 1. The number of pyridine rings is 1. The molecule has 0 radical (unpaired) electrons. The highest BCUT2D eigenvalue weighted by molar-refractivity contribution is 5.93. The Balaban J connectivity index is 2.05. The fraction of sp³-hybridized carbons (Fsp3) is 0.200. The summed E-state index contributed by atoms with van der Waals surface area (Å²) in [6, 6.07) is 8.66. The maximum Gasteiger partial charge on any atom is 0.253 e. The van der Waals surface area contributed by atoms with E-state index in [4.69, 9.17) is 15.2 Å². The van der Waals surface area contributed by atoms with Crippen molar-refractivity contribution in [3.05, 3.63) is 47.7 Å². The van der Waals surface area contributed by atoms with E-state index in [2.05, 4.69) is 10.3 Å². The number of benzene rings is 1. The molecule has 110 valence electrons. The number of ether oxygens (including phenoxy) is 2. The first-order valence-electron chi connectivity index (χ1n) is 6.34. The molecule has 6 heteroatoms. The monoisotopic (exact) mass is 287 g/mol. The van der Waals surface area contributed by atoms with Gasteiger partial charge in [0.15, 0.2) is 0 Å². The SMILES string of the molecule is COc1cc(CNC(=O)c2ccc(N)nc2)cc(OC)c1. The lowest BCUT2D eigenvalue weighted by atomic mass is 10.2. The fourth-order valence-electron chi connectivity index (χ4n) is 1.79. The molecular weight excluding hydrogens is 270 g/mol. The molecule has 0 saturated carbocycles. The quantitative estimate of drug-likeness (QED) is 0.872. The average Bonchev–Trinajstić information content (AvgIpc) is 2.52. The largest absolute Gasteiger partial charge is 0.497 e. The van der Waals surface area contributed by atoms with Crippen LogP contribution in [0.1, 0.15) is 15.9 Å². The maximum atomic E-state index is 12.0. The Kier molecular flexibility index (Phi) is 4.61. The van der Waals surface area contributed by atoms with Gasteiger partial charge < -0.3 is 20.5 Å². The van der Waals surface area contributed by atoms with Crippen LogP contribution in [0.15, 0.2) is 36.5 Å². The lowest BCUT2D eigenvalue weighted by Gasteiger charge is -2.09. The van der Waals surface area contributed by atoms with E-state index in [1.807, 2.05) is 12.1 Å². The average molecular weight is 287 g/mol. The van der Waals surface area contributed by atoms with E-state index < -0.39 is 0 Å². The molecule has 0 saturated heterocycles. The van der Waals surface area contributed by atoms with E-state index in [0.29, 0.717) is 29.4 Å². The molecule has 1 aromatic carbocycles. The van der Waals surface area contributed by atoms with Crippen LogP contribution in [-0.4, -0.2) is 25.1 Å². The summed E-state index contributed by atoms with van der Waals surface area (Å²) < 4.78 is 10.4. The van der Waals surface area contributed by atoms with Crippen molar-refractivity contribution in [2.45, 2.75) is 6.54 Å². The second kappa shape index (κ2) is 6.60. The first kappa shape index (κ1) is 14.6. The number of nitrogens with one attached hydrogen (secondary N) is 1. The fourth-order valence-corrected chi connectivity index (χ4v) is 1.79. The third kappa shape index (κ3) is 3.85. The molecule has 1 heterocycles. The molecule has 0 unspecified atom stereocenters. The van der Waals surface area contributed by atoms with E-state index >= 15 is 0 Å². The first-order valence-corrected chi connectivity index (χ1v) is 6.34. The predicted octanol–water partition coefficient (Wildman–Crippen LogP) is 1.61. The van der Waals surface area contributed by atoms with Gasteiger partial charge in [-0.05, 0) is 29.8 Å². The van der Waals surface area contributed by atoms with Gasteiger partial charge in [0.2, 0.25) is 0 Å². The summed E-state index contributed by atoms with van der Waals surface area (Å²) in [4.78, 5) is 15.9. The predicted molar refractivity (Wildman–Crippen MR) is 79.4 cm³/mol. The zero-order chi connectivity index (χ0) is 15.2. The van der Waals surface area contributed by atoms with Gasteiger partial charge in [0.05, 0.1) is 19.8 Å². The number of nitrogens with two attached hydrogens (primary N) is 1. The molecule has 0 spiro atoms. The molecule has 21 heavy (non-hydrogen) atoms. The second-order valence-electron chi connectivity index (χ2n) is 4.38. The van der Waals surface area contributed by atoms with Crippen LogP contribution >= 0.6 is 0 Å². The van der Waals surface area contributed by atoms with Gasteiger partial charge in [0.1, 0.15) is 17.3 Å². The molecule has 0 atom stereocenters. The van der Waals surface area contributed by atoms with Crippen LogP contribution in [0.4, 0.5) is 5.82 Å². The summed E-state index contributed by atoms with van der Waals surface area (Å²) in [5.41, 5.74) is 6.82. The molecule has 0 bridgehead atoms. The van der Waals surface area contributed by atoms with E-state index in [9.17, 15) is 4.79 Å². The van der Waals surface area contributed by atoms with Crippen molar-refractivity contribution < 1.29 is 14.3 Å². The summed E-state index contributed by atoms with van der Waals surface area (Å²) in [5.74, 6) is 1.51. The molecule has 0 aliphatic carbocycles. The highest BCUT2D eigenvalue weighted by atomic mass is 16.5. The molecule has 0 fully saturated rings. The van der Waals surface area contributed by atoms with Crippen LogP contribution in [0.5, 0.6) is 11.5 Å². The normalized spacial score (nSPS) is 10.0. The van der Waals surface area contributed by atoms with Gasteiger partial charge >= 0.3 is 0 Å². The third-order valence-corrected chi connectivity index (χ3v) is 2.91. The van der Waals surface area contributed by atoms with Crippen molar-refractivity contribution in [3.8, 4) is 11.5 Å². The number of nitrogen functional groups attached to an aromatic ring is 1. The van der Waals surface area contributed by atoms with Gasteiger partial charge in [-0.15, -0.1) is 0 Å². The molecule has 6 nitrogen and oxygen atoms in total. The van der Waals surface area contributed by atoms with E-state index in [-0.39, 0.29) is 5.91 Å². The van der Waals surface area contributed by atoms with Gasteiger partial charge in [0.25, 0.3) is 5.91 Å². The molecule has 1 amide bonds. The van der Waals surface area contributed by atoms with Gasteiger partial charge in [-0.25, -0.2) is 4.98 Å². The number of rotatable bonds is 5. The molecule has 0 aliphatic heterocycles. The van der Waals surface area contributed by atoms with Crippen LogP contribution in [-0.2, 0) is 6.54 Å². The second-order valence-corrected chi connectivity index (χ2v) is 4.38. The topological polar surface area (TPSA) is 86.5 Å². The van der Waals surface area contributed by atoms with Crippen LogP contribution in [0, 0.1) is 0 Å². The number of carbonyl (C=O) groups is 1. The van der Waals surface area contributed by atoms with E-state index in [1.165, 1.54) is 6.20 Å². The number of nitrogens with zero attached hydrogens (tertiary/aromatic N) is 1.